The SMILES string of the molecule is CCn1nccc1CNc1nccs1. The Hall–Kier alpha value is -1.36. The second-order valence-electron chi connectivity index (χ2n) is 2.83. The van der Waals surface area contributed by atoms with Crippen LogP contribution >= 0.6 is 11.3 Å². The van der Waals surface area contributed by atoms with Crippen LogP contribution in [0.2, 0.25) is 0 Å². The van der Waals surface area contributed by atoms with Crippen molar-refractivity contribution in [3.8, 4) is 0 Å². The van der Waals surface area contributed by atoms with Gasteiger partial charge in [-0.25, -0.2) is 4.98 Å². The molecule has 0 amide bonds. The summed E-state index contributed by atoms with van der Waals surface area (Å²) < 4.78 is 1.97. The Kier molecular flexibility index (Phi) is 2.78. The molecule has 0 saturated carbocycles. The molecular weight excluding hydrogens is 196 g/mol. The molecule has 0 bridgehead atoms. The van der Waals surface area contributed by atoms with E-state index in [1.54, 1.807) is 17.5 Å². The van der Waals surface area contributed by atoms with Crippen LogP contribution in [-0.4, -0.2) is 14.8 Å². The molecule has 0 aliphatic rings. The Morgan fingerprint density at radius 1 is 1.50 bits per heavy atom. The third-order valence-corrected chi connectivity index (χ3v) is 2.69. The Morgan fingerprint density at radius 3 is 3.14 bits per heavy atom. The Bertz CT molecular complexity index is 379. The number of aromatic nitrogens is 3. The van der Waals surface area contributed by atoms with Gasteiger partial charge in [-0.1, -0.05) is 0 Å². The highest BCUT2D eigenvalue weighted by Gasteiger charge is 2.00. The number of rotatable bonds is 4. The van der Waals surface area contributed by atoms with Gasteiger partial charge in [-0.05, 0) is 13.0 Å². The molecule has 2 heterocycles. The van der Waals surface area contributed by atoms with Gasteiger partial charge in [0.15, 0.2) is 5.13 Å². The molecule has 2 aromatic rings. The average molecular weight is 208 g/mol. The second-order valence-corrected chi connectivity index (χ2v) is 3.72. The van der Waals surface area contributed by atoms with Crippen LogP contribution in [-0.2, 0) is 13.1 Å². The van der Waals surface area contributed by atoms with E-state index in [4.69, 9.17) is 0 Å². The van der Waals surface area contributed by atoms with Gasteiger partial charge in [0.25, 0.3) is 0 Å². The van der Waals surface area contributed by atoms with Gasteiger partial charge in [0.2, 0.25) is 0 Å². The van der Waals surface area contributed by atoms with Crippen LogP contribution in [0.4, 0.5) is 5.13 Å². The molecule has 0 radical (unpaired) electrons. The highest BCUT2D eigenvalue weighted by molar-refractivity contribution is 7.13. The second kappa shape index (κ2) is 4.23. The van der Waals surface area contributed by atoms with Crippen molar-refractivity contribution in [2.45, 2.75) is 20.0 Å². The lowest BCUT2D eigenvalue weighted by molar-refractivity contribution is 0.627. The first kappa shape index (κ1) is 9.21. The number of nitrogens with zero attached hydrogens (tertiary/aromatic N) is 3. The molecule has 0 atom stereocenters. The Balaban J connectivity index is 1.98. The predicted octanol–water partition coefficient (Wildman–Crippen LogP) is 1.97. The smallest absolute Gasteiger partial charge is 0.182 e. The van der Waals surface area contributed by atoms with Gasteiger partial charge in [0.1, 0.15) is 0 Å². The number of hydrogen-bond acceptors (Lipinski definition) is 4. The lowest BCUT2D eigenvalue weighted by atomic mass is 10.4. The van der Waals surface area contributed by atoms with Crippen LogP contribution in [0.5, 0.6) is 0 Å². The molecule has 0 aromatic carbocycles. The first-order chi connectivity index (χ1) is 6.90. The quantitative estimate of drug-likeness (QED) is 0.835. The summed E-state index contributed by atoms with van der Waals surface area (Å²) >= 11 is 1.61. The fraction of sp³-hybridized carbons (Fsp3) is 0.333. The third kappa shape index (κ3) is 1.93. The average Bonchev–Trinajstić information content (AvgIpc) is 2.85. The maximum absolute atomic E-state index is 4.19. The van der Waals surface area contributed by atoms with Crippen LogP contribution in [0.3, 0.4) is 0 Å². The van der Waals surface area contributed by atoms with Crippen LogP contribution in [0.1, 0.15) is 12.6 Å². The van der Waals surface area contributed by atoms with E-state index >= 15 is 0 Å². The van der Waals surface area contributed by atoms with Crippen molar-refractivity contribution in [2.75, 3.05) is 5.32 Å². The first-order valence-corrected chi connectivity index (χ1v) is 5.42. The summed E-state index contributed by atoms with van der Waals surface area (Å²) in [7, 11) is 0. The van der Waals surface area contributed by atoms with Gasteiger partial charge in [0.05, 0.1) is 12.2 Å². The Morgan fingerprint density at radius 2 is 2.43 bits per heavy atom. The van der Waals surface area contributed by atoms with Crippen molar-refractivity contribution >= 4 is 16.5 Å². The van der Waals surface area contributed by atoms with Crippen molar-refractivity contribution in [3.63, 3.8) is 0 Å². The van der Waals surface area contributed by atoms with E-state index in [2.05, 4.69) is 22.3 Å². The van der Waals surface area contributed by atoms with E-state index in [0.717, 1.165) is 18.2 Å². The summed E-state index contributed by atoms with van der Waals surface area (Å²) in [4.78, 5) is 4.15. The molecule has 0 spiro atoms. The molecule has 0 aliphatic heterocycles. The molecular formula is C9H12N4S. The number of aryl methyl sites for hydroxylation is 1. The summed E-state index contributed by atoms with van der Waals surface area (Å²) in [5.41, 5.74) is 1.18. The summed E-state index contributed by atoms with van der Waals surface area (Å²) in [5, 5.41) is 10.4. The maximum Gasteiger partial charge on any atom is 0.182 e. The minimum Gasteiger partial charge on any atom is -0.356 e. The van der Waals surface area contributed by atoms with Crippen molar-refractivity contribution in [3.05, 3.63) is 29.5 Å². The topological polar surface area (TPSA) is 42.7 Å². The molecule has 0 fully saturated rings. The van der Waals surface area contributed by atoms with Crippen LogP contribution < -0.4 is 5.32 Å². The van der Waals surface area contributed by atoms with Crippen molar-refractivity contribution in [1.29, 1.82) is 0 Å². The molecule has 1 N–H and O–H groups in total. The van der Waals surface area contributed by atoms with Crippen molar-refractivity contribution in [2.24, 2.45) is 0 Å². The highest BCUT2D eigenvalue weighted by Crippen LogP contribution is 2.11. The van der Waals surface area contributed by atoms with Gasteiger partial charge in [0, 0.05) is 24.3 Å². The van der Waals surface area contributed by atoms with Gasteiger partial charge in [-0.3, -0.25) is 4.68 Å². The normalized spacial score (nSPS) is 10.4. The molecule has 4 nitrogen and oxygen atoms in total. The zero-order chi connectivity index (χ0) is 9.80. The minimum atomic E-state index is 0.779. The summed E-state index contributed by atoms with van der Waals surface area (Å²) in [6.07, 6.45) is 3.62. The lowest BCUT2D eigenvalue weighted by Crippen LogP contribution is -2.07. The summed E-state index contributed by atoms with van der Waals surface area (Å²) in [6, 6.07) is 2.02. The van der Waals surface area contributed by atoms with E-state index in [1.165, 1.54) is 5.69 Å². The fourth-order valence-electron chi connectivity index (χ4n) is 1.27. The summed E-state index contributed by atoms with van der Waals surface area (Å²) in [6.45, 7) is 3.77. The number of hydrogen-bond donors (Lipinski definition) is 1. The van der Waals surface area contributed by atoms with Crippen molar-refractivity contribution < 1.29 is 0 Å². The number of anilines is 1. The van der Waals surface area contributed by atoms with E-state index < -0.39 is 0 Å². The standard InChI is InChI=1S/C9H12N4S/c1-2-13-8(3-4-12-13)7-11-9-10-5-6-14-9/h3-6H,2,7H2,1H3,(H,10,11). The van der Waals surface area contributed by atoms with Gasteiger partial charge < -0.3 is 5.32 Å². The molecule has 74 valence electrons. The molecule has 2 aromatic heterocycles. The van der Waals surface area contributed by atoms with Crippen molar-refractivity contribution in [1.82, 2.24) is 14.8 Å². The maximum atomic E-state index is 4.19. The predicted molar refractivity (Wildman–Crippen MR) is 57.3 cm³/mol. The first-order valence-electron chi connectivity index (χ1n) is 4.54. The lowest BCUT2D eigenvalue weighted by Gasteiger charge is -2.04. The minimum absolute atomic E-state index is 0.779. The molecule has 0 aliphatic carbocycles. The Labute approximate surface area is 86.6 Å². The summed E-state index contributed by atoms with van der Waals surface area (Å²) in [5.74, 6) is 0. The monoisotopic (exact) mass is 208 g/mol. The largest absolute Gasteiger partial charge is 0.356 e. The van der Waals surface area contributed by atoms with E-state index in [1.807, 2.05) is 22.3 Å². The molecule has 0 unspecified atom stereocenters. The van der Waals surface area contributed by atoms with Gasteiger partial charge in [-0.15, -0.1) is 11.3 Å². The van der Waals surface area contributed by atoms with Crippen LogP contribution in [0.15, 0.2) is 23.8 Å². The van der Waals surface area contributed by atoms with Crippen LogP contribution in [0, 0.1) is 0 Å². The van der Waals surface area contributed by atoms with Gasteiger partial charge >= 0.3 is 0 Å². The number of thiazole rings is 1. The molecule has 5 heteroatoms. The van der Waals surface area contributed by atoms with Crippen LogP contribution in [0.25, 0.3) is 0 Å². The molecule has 0 saturated heterocycles. The number of nitrogens with one attached hydrogen (secondary N) is 1. The third-order valence-electron chi connectivity index (χ3n) is 1.96. The van der Waals surface area contributed by atoms with E-state index in [9.17, 15) is 0 Å². The highest BCUT2D eigenvalue weighted by atomic mass is 32.1. The fourth-order valence-corrected chi connectivity index (χ4v) is 1.80. The molecule has 14 heavy (non-hydrogen) atoms. The molecule has 2 rings (SSSR count). The zero-order valence-electron chi connectivity index (χ0n) is 7.97. The zero-order valence-corrected chi connectivity index (χ0v) is 8.79. The van der Waals surface area contributed by atoms with E-state index in [0.29, 0.717) is 0 Å². The van der Waals surface area contributed by atoms with E-state index in [-0.39, 0.29) is 0 Å². The van der Waals surface area contributed by atoms with Gasteiger partial charge in [-0.2, -0.15) is 5.10 Å².